The number of thioether (sulfide) groups is 1. The van der Waals surface area contributed by atoms with Gasteiger partial charge < -0.3 is 21.9 Å². The molecule has 5 nitrogen and oxygen atoms in total. The number of rotatable bonds is 19. The summed E-state index contributed by atoms with van der Waals surface area (Å²) in [5.41, 5.74) is 11.1. The molecule has 0 aromatic carbocycles. The van der Waals surface area contributed by atoms with Crippen LogP contribution in [0, 0.1) is 16.7 Å². The second-order valence-electron chi connectivity index (χ2n) is 9.53. The SMILES string of the molecule is C=C(/C=C\C(=C/C(C)CC)CNC(=O)/C(CCCC)=C(\C=N)C(SCCC(N)=CC=N)=C(C)C)CCC. The molecule has 0 aromatic heterocycles. The quantitative estimate of drug-likeness (QED) is 0.0778. The van der Waals surface area contributed by atoms with Crippen molar-refractivity contribution in [2.24, 2.45) is 11.7 Å². The van der Waals surface area contributed by atoms with Crippen molar-refractivity contribution in [3.8, 4) is 0 Å². The lowest BCUT2D eigenvalue weighted by Crippen LogP contribution is -2.28. The van der Waals surface area contributed by atoms with E-state index < -0.39 is 0 Å². The Labute approximate surface area is 230 Å². The first-order valence-corrected chi connectivity index (χ1v) is 14.5. The molecule has 0 aliphatic rings. The molecule has 0 aliphatic heterocycles. The topological polar surface area (TPSA) is 103 Å². The maximum Gasteiger partial charge on any atom is 0.248 e. The van der Waals surface area contributed by atoms with E-state index in [0.717, 1.165) is 53.7 Å². The van der Waals surface area contributed by atoms with Crippen LogP contribution in [0.15, 0.2) is 69.4 Å². The molecule has 0 rings (SSSR count). The number of allylic oxidation sites excluding steroid dienone is 7. The van der Waals surface area contributed by atoms with Crippen LogP contribution >= 0.6 is 11.8 Å². The maximum absolute atomic E-state index is 13.5. The van der Waals surface area contributed by atoms with Crippen LogP contribution in [0.5, 0.6) is 0 Å². The average Bonchev–Trinajstić information content (AvgIpc) is 2.86. The van der Waals surface area contributed by atoms with E-state index in [4.69, 9.17) is 16.6 Å². The van der Waals surface area contributed by atoms with E-state index in [2.05, 4.69) is 57.8 Å². The number of unbranched alkanes of at least 4 members (excludes halogenated alkanes) is 1. The van der Waals surface area contributed by atoms with Crippen LogP contribution in [0.2, 0.25) is 0 Å². The maximum atomic E-state index is 13.5. The van der Waals surface area contributed by atoms with Crippen LogP contribution in [0.25, 0.3) is 0 Å². The minimum absolute atomic E-state index is 0.120. The van der Waals surface area contributed by atoms with E-state index in [9.17, 15) is 4.79 Å². The zero-order valence-corrected chi connectivity index (χ0v) is 24.8. The van der Waals surface area contributed by atoms with Crippen LogP contribution in [0.3, 0.4) is 0 Å². The van der Waals surface area contributed by atoms with E-state index in [-0.39, 0.29) is 5.91 Å². The van der Waals surface area contributed by atoms with Gasteiger partial charge in [0.25, 0.3) is 0 Å². The summed E-state index contributed by atoms with van der Waals surface area (Å²) in [6, 6.07) is 0. The van der Waals surface area contributed by atoms with Crippen molar-refractivity contribution in [2.75, 3.05) is 12.3 Å². The van der Waals surface area contributed by atoms with E-state index in [1.807, 2.05) is 13.8 Å². The van der Waals surface area contributed by atoms with Crippen LogP contribution < -0.4 is 11.1 Å². The third kappa shape index (κ3) is 14.7. The lowest BCUT2D eigenvalue weighted by atomic mass is 9.99. The number of nitrogens with one attached hydrogen (secondary N) is 3. The van der Waals surface area contributed by atoms with Gasteiger partial charge in [-0.15, -0.1) is 11.8 Å². The lowest BCUT2D eigenvalue weighted by molar-refractivity contribution is -0.117. The van der Waals surface area contributed by atoms with Crippen molar-refractivity contribution in [3.05, 3.63) is 69.4 Å². The van der Waals surface area contributed by atoms with E-state index >= 15 is 0 Å². The Balaban J connectivity index is 6.03. The molecule has 0 heterocycles. The van der Waals surface area contributed by atoms with Gasteiger partial charge in [-0.25, -0.2) is 0 Å². The molecule has 1 amide bonds. The van der Waals surface area contributed by atoms with Crippen molar-refractivity contribution in [1.82, 2.24) is 5.32 Å². The minimum atomic E-state index is -0.120. The fourth-order valence-electron chi connectivity index (χ4n) is 3.54. The van der Waals surface area contributed by atoms with Gasteiger partial charge in [-0.05, 0) is 57.1 Å². The fraction of sp³-hybridized carbons (Fsp3) is 0.516. The highest BCUT2D eigenvalue weighted by Gasteiger charge is 2.18. The van der Waals surface area contributed by atoms with Gasteiger partial charge in [0.15, 0.2) is 0 Å². The van der Waals surface area contributed by atoms with Crippen LogP contribution in [0.1, 0.15) is 86.5 Å². The van der Waals surface area contributed by atoms with E-state index in [1.54, 1.807) is 17.8 Å². The van der Waals surface area contributed by atoms with Crippen molar-refractivity contribution in [3.63, 3.8) is 0 Å². The number of carbonyl (C=O) groups excluding carboxylic acids is 1. The third-order valence-electron chi connectivity index (χ3n) is 5.86. The Bertz CT molecular complexity index is 917. The molecular weight excluding hydrogens is 476 g/mol. The Morgan fingerprint density at radius 1 is 1.08 bits per heavy atom. The molecule has 6 heteroatoms. The molecule has 0 saturated heterocycles. The number of hydrogen-bond donors (Lipinski definition) is 4. The van der Waals surface area contributed by atoms with Gasteiger partial charge in [0.1, 0.15) is 0 Å². The summed E-state index contributed by atoms with van der Waals surface area (Å²) in [5.74, 6) is 1.00. The monoisotopic (exact) mass is 526 g/mol. The highest BCUT2D eigenvalue weighted by molar-refractivity contribution is 8.03. The number of nitrogens with two attached hydrogens (primary N) is 1. The highest BCUT2D eigenvalue weighted by atomic mass is 32.2. The predicted molar refractivity (Wildman–Crippen MR) is 166 cm³/mol. The van der Waals surface area contributed by atoms with Gasteiger partial charge in [-0.3, -0.25) is 4.79 Å². The predicted octanol–water partition coefficient (Wildman–Crippen LogP) is 8.03. The van der Waals surface area contributed by atoms with Crippen molar-refractivity contribution >= 4 is 30.1 Å². The fourth-order valence-corrected chi connectivity index (χ4v) is 4.71. The van der Waals surface area contributed by atoms with Crippen molar-refractivity contribution in [1.29, 1.82) is 10.8 Å². The van der Waals surface area contributed by atoms with Gasteiger partial charge >= 0.3 is 0 Å². The van der Waals surface area contributed by atoms with Gasteiger partial charge in [-0.1, -0.05) is 82.9 Å². The number of amides is 1. The van der Waals surface area contributed by atoms with Gasteiger partial charge in [0.2, 0.25) is 5.91 Å². The summed E-state index contributed by atoms with van der Waals surface area (Å²) in [5, 5.41) is 18.5. The molecule has 1 unspecified atom stereocenters. The Morgan fingerprint density at radius 3 is 2.32 bits per heavy atom. The summed E-state index contributed by atoms with van der Waals surface area (Å²) < 4.78 is 0. The van der Waals surface area contributed by atoms with Crippen LogP contribution in [0.4, 0.5) is 0 Å². The Hall–Kier alpha value is -2.60. The van der Waals surface area contributed by atoms with E-state index in [1.165, 1.54) is 12.4 Å². The van der Waals surface area contributed by atoms with Gasteiger partial charge in [0.05, 0.1) is 0 Å². The molecule has 0 bridgehead atoms. The first-order chi connectivity index (χ1) is 17.6. The summed E-state index contributed by atoms with van der Waals surface area (Å²) in [7, 11) is 0. The van der Waals surface area contributed by atoms with Gasteiger partial charge in [-0.2, -0.15) is 0 Å². The molecule has 0 aliphatic carbocycles. The summed E-state index contributed by atoms with van der Waals surface area (Å²) in [4.78, 5) is 14.5. The standard InChI is InChI=1S/C31H50N4OS/c1-8-11-13-28(29(21-33)30(23(4)5)37-19-17-27(34)16-18-32)31(36)35-22-26(20-24(6)10-3)15-14-25(7)12-9-2/h14-16,18,20-21,24,32-33H,7-13,17,19,22,34H2,1-6H3,(H,35,36)/b15-14-,26-20+,27-16?,29-28+,32-18?,33-21?. The molecular formula is C31H50N4OS. The number of hydrogen-bond acceptors (Lipinski definition) is 5. The van der Waals surface area contributed by atoms with E-state index in [0.29, 0.717) is 47.9 Å². The lowest BCUT2D eigenvalue weighted by Gasteiger charge is -2.17. The summed E-state index contributed by atoms with van der Waals surface area (Å²) in [6.07, 6.45) is 16.6. The minimum Gasteiger partial charge on any atom is -0.402 e. The molecule has 1 atom stereocenters. The molecule has 206 valence electrons. The van der Waals surface area contributed by atoms with Crippen molar-refractivity contribution < 1.29 is 4.79 Å². The van der Waals surface area contributed by atoms with Gasteiger partial charge in [0, 0.05) is 46.5 Å². The summed E-state index contributed by atoms with van der Waals surface area (Å²) in [6.45, 7) is 17.2. The van der Waals surface area contributed by atoms with Crippen LogP contribution in [-0.4, -0.2) is 30.6 Å². The largest absolute Gasteiger partial charge is 0.402 e. The Morgan fingerprint density at radius 2 is 1.78 bits per heavy atom. The first-order valence-electron chi connectivity index (χ1n) is 13.5. The Kier molecular flexibility index (Phi) is 19.0. The number of carbonyl (C=O) groups is 1. The molecule has 0 fully saturated rings. The molecule has 37 heavy (non-hydrogen) atoms. The molecule has 0 spiro atoms. The van der Waals surface area contributed by atoms with Crippen molar-refractivity contribution in [2.45, 2.75) is 86.5 Å². The normalized spacial score (nSPS) is 13.7. The zero-order valence-electron chi connectivity index (χ0n) is 24.0. The van der Waals surface area contributed by atoms with Crippen LogP contribution in [-0.2, 0) is 4.79 Å². The average molecular weight is 527 g/mol. The molecule has 0 saturated carbocycles. The zero-order chi connectivity index (χ0) is 28.2. The second-order valence-corrected chi connectivity index (χ2v) is 10.6. The molecule has 0 radical (unpaired) electrons. The second kappa shape index (κ2) is 20.5. The third-order valence-corrected chi connectivity index (χ3v) is 7.18. The first kappa shape index (κ1) is 34.4. The summed E-state index contributed by atoms with van der Waals surface area (Å²) >= 11 is 1.61. The molecule has 0 aromatic rings. The smallest absolute Gasteiger partial charge is 0.248 e. The highest BCUT2D eigenvalue weighted by Crippen LogP contribution is 2.31. The molecule has 5 N–H and O–H groups in total.